The summed E-state index contributed by atoms with van der Waals surface area (Å²) in [4.78, 5) is 12.4. The van der Waals surface area contributed by atoms with Crippen molar-refractivity contribution < 1.29 is 14.6 Å². The van der Waals surface area contributed by atoms with E-state index in [-0.39, 0.29) is 6.54 Å². The van der Waals surface area contributed by atoms with E-state index in [1.807, 2.05) is 24.3 Å². The summed E-state index contributed by atoms with van der Waals surface area (Å²) in [7, 11) is 1.78. The van der Waals surface area contributed by atoms with Crippen LogP contribution in [0.3, 0.4) is 0 Å². The Balaban J connectivity index is 2.10. The Morgan fingerprint density at radius 3 is 2.48 bits per heavy atom. The van der Waals surface area contributed by atoms with Crippen molar-refractivity contribution >= 4 is 5.97 Å². The van der Waals surface area contributed by atoms with Crippen LogP contribution in [0.2, 0.25) is 0 Å². The van der Waals surface area contributed by atoms with E-state index in [1.54, 1.807) is 11.9 Å². The van der Waals surface area contributed by atoms with Gasteiger partial charge in [0.05, 0.1) is 6.54 Å². The van der Waals surface area contributed by atoms with Crippen LogP contribution < -0.4 is 4.74 Å². The third-order valence-electron chi connectivity index (χ3n) is 3.93. The third kappa shape index (κ3) is 6.24. The van der Waals surface area contributed by atoms with Crippen molar-refractivity contribution in [3.8, 4) is 16.9 Å². The SMILES string of the molecule is CC(C)Cc1cc(-c2ccccc2)ccc1OCCN(C)CC(=O)O. The molecule has 0 spiro atoms. The van der Waals surface area contributed by atoms with Crippen LogP contribution in [0.15, 0.2) is 48.5 Å². The fraction of sp³-hybridized carbons (Fsp3) is 0.381. The normalized spacial score (nSPS) is 11.1. The second kappa shape index (κ2) is 9.23. The zero-order valence-electron chi connectivity index (χ0n) is 15.2. The first-order valence-electron chi connectivity index (χ1n) is 8.67. The summed E-state index contributed by atoms with van der Waals surface area (Å²) in [6, 6.07) is 16.6. The summed E-state index contributed by atoms with van der Waals surface area (Å²) in [6.45, 7) is 5.46. The Labute approximate surface area is 150 Å². The Kier molecular flexibility index (Phi) is 7.02. The van der Waals surface area contributed by atoms with Crippen molar-refractivity contribution in [2.45, 2.75) is 20.3 Å². The van der Waals surface area contributed by atoms with Crippen LogP contribution in [0.4, 0.5) is 0 Å². The van der Waals surface area contributed by atoms with Crippen LogP contribution in [0.1, 0.15) is 19.4 Å². The molecule has 0 bridgehead atoms. The number of carbonyl (C=O) groups is 1. The zero-order valence-corrected chi connectivity index (χ0v) is 15.2. The predicted octanol–water partition coefficient (Wildman–Crippen LogP) is 3.95. The fourth-order valence-electron chi connectivity index (χ4n) is 2.75. The van der Waals surface area contributed by atoms with Gasteiger partial charge in [-0.15, -0.1) is 0 Å². The molecule has 25 heavy (non-hydrogen) atoms. The maximum Gasteiger partial charge on any atom is 0.317 e. The molecular weight excluding hydrogens is 314 g/mol. The van der Waals surface area contributed by atoms with E-state index in [2.05, 4.69) is 38.1 Å². The number of carboxylic acid groups (broad SMARTS) is 1. The molecule has 1 N–H and O–H groups in total. The molecule has 134 valence electrons. The molecule has 2 rings (SSSR count). The first-order chi connectivity index (χ1) is 12.0. The highest BCUT2D eigenvalue weighted by Crippen LogP contribution is 2.28. The number of aliphatic carboxylic acids is 1. The minimum absolute atomic E-state index is 0.0230. The third-order valence-corrected chi connectivity index (χ3v) is 3.93. The molecule has 0 aromatic heterocycles. The van der Waals surface area contributed by atoms with Crippen LogP contribution in [-0.4, -0.2) is 42.7 Å². The lowest BCUT2D eigenvalue weighted by Gasteiger charge is -2.18. The molecule has 0 aliphatic carbocycles. The largest absolute Gasteiger partial charge is 0.492 e. The van der Waals surface area contributed by atoms with E-state index in [4.69, 9.17) is 9.84 Å². The Hall–Kier alpha value is -2.33. The molecule has 0 saturated heterocycles. The van der Waals surface area contributed by atoms with Gasteiger partial charge in [0.25, 0.3) is 0 Å². The van der Waals surface area contributed by atoms with Crippen molar-refractivity contribution in [2.75, 3.05) is 26.7 Å². The molecule has 4 heteroatoms. The minimum Gasteiger partial charge on any atom is -0.492 e. The number of likely N-dealkylation sites (N-methyl/N-ethyl adjacent to an activating group) is 1. The average molecular weight is 341 g/mol. The maximum absolute atomic E-state index is 10.7. The number of ether oxygens (including phenoxy) is 1. The summed E-state index contributed by atoms with van der Waals surface area (Å²) >= 11 is 0. The van der Waals surface area contributed by atoms with Gasteiger partial charge in [0, 0.05) is 6.54 Å². The number of rotatable bonds is 9. The van der Waals surface area contributed by atoms with Gasteiger partial charge in [0.15, 0.2) is 0 Å². The monoisotopic (exact) mass is 341 g/mol. The highest BCUT2D eigenvalue weighted by Gasteiger charge is 2.10. The number of hydrogen-bond donors (Lipinski definition) is 1. The molecule has 0 aliphatic heterocycles. The lowest BCUT2D eigenvalue weighted by Crippen LogP contribution is -2.29. The summed E-state index contributed by atoms with van der Waals surface area (Å²) in [6.07, 6.45) is 0.945. The quantitative estimate of drug-likeness (QED) is 0.750. The highest BCUT2D eigenvalue weighted by atomic mass is 16.5. The first kappa shape index (κ1) is 19.0. The predicted molar refractivity (Wildman–Crippen MR) is 101 cm³/mol. The van der Waals surface area contributed by atoms with E-state index < -0.39 is 5.97 Å². The zero-order chi connectivity index (χ0) is 18.2. The van der Waals surface area contributed by atoms with Gasteiger partial charge in [-0.3, -0.25) is 9.69 Å². The maximum atomic E-state index is 10.7. The van der Waals surface area contributed by atoms with E-state index in [9.17, 15) is 4.79 Å². The van der Waals surface area contributed by atoms with Crippen LogP contribution >= 0.6 is 0 Å². The molecule has 0 unspecified atom stereocenters. The van der Waals surface area contributed by atoms with Gasteiger partial charge in [-0.1, -0.05) is 50.2 Å². The van der Waals surface area contributed by atoms with Gasteiger partial charge in [0.1, 0.15) is 12.4 Å². The fourth-order valence-corrected chi connectivity index (χ4v) is 2.75. The van der Waals surface area contributed by atoms with Crippen molar-refractivity contribution in [3.63, 3.8) is 0 Å². The Morgan fingerprint density at radius 1 is 1.12 bits per heavy atom. The standard InChI is InChI=1S/C21H27NO3/c1-16(2)13-19-14-18(17-7-5-4-6-8-17)9-10-20(19)25-12-11-22(3)15-21(23)24/h4-10,14,16H,11-13,15H2,1-3H3,(H,23,24). The van der Waals surface area contributed by atoms with Crippen LogP contribution in [0.25, 0.3) is 11.1 Å². The Morgan fingerprint density at radius 2 is 1.84 bits per heavy atom. The smallest absolute Gasteiger partial charge is 0.317 e. The number of nitrogens with zero attached hydrogens (tertiary/aromatic N) is 1. The van der Waals surface area contributed by atoms with Gasteiger partial charge in [-0.2, -0.15) is 0 Å². The van der Waals surface area contributed by atoms with E-state index in [0.717, 1.165) is 12.2 Å². The number of hydrogen-bond acceptors (Lipinski definition) is 3. The molecule has 0 heterocycles. The summed E-state index contributed by atoms with van der Waals surface area (Å²) < 4.78 is 5.95. The van der Waals surface area contributed by atoms with E-state index in [1.165, 1.54) is 16.7 Å². The summed E-state index contributed by atoms with van der Waals surface area (Å²) in [5, 5.41) is 8.80. The highest BCUT2D eigenvalue weighted by molar-refractivity contribution is 5.69. The lowest BCUT2D eigenvalue weighted by molar-refractivity contribution is -0.138. The van der Waals surface area contributed by atoms with Crippen molar-refractivity contribution in [2.24, 2.45) is 5.92 Å². The van der Waals surface area contributed by atoms with Crippen LogP contribution in [0.5, 0.6) is 5.75 Å². The molecule has 0 fully saturated rings. The van der Waals surface area contributed by atoms with E-state index in [0.29, 0.717) is 19.1 Å². The van der Waals surface area contributed by atoms with Crippen LogP contribution in [0, 0.1) is 5.92 Å². The van der Waals surface area contributed by atoms with Gasteiger partial charge in [-0.25, -0.2) is 0 Å². The molecule has 0 atom stereocenters. The summed E-state index contributed by atoms with van der Waals surface area (Å²) in [5.74, 6) is 0.593. The average Bonchev–Trinajstić information content (AvgIpc) is 2.55. The number of benzene rings is 2. The molecule has 0 radical (unpaired) electrons. The second-order valence-electron chi connectivity index (χ2n) is 6.77. The lowest BCUT2D eigenvalue weighted by atomic mass is 9.97. The van der Waals surface area contributed by atoms with Gasteiger partial charge >= 0.3 is 5.97 Å². The molecule has 0 amide bonds. The van der Waals surface area contributed by atoms with Crippen molar-refractivity contribution in [3.05, 3.63) is 54.1 Å². The first-order valence-corrected chi connectivity index (χ1v) is 8.67. The topological polar surface area (TPSA) is 49.8 Å². The van der Waals surface area contributed by atoms with Gasteiger partial charge < -0.3 is 9.84 Å². The van der Waals surface area contributed by atoms with Crippen molar-refractivity contribution in [1.29, 1.82) is 0 Å². The molecule has 2 aromatic carbocycles. The molecule has 4 nitrogen and oxygen atoms in total. The number of carboxylic acids is 1. The minimum atomic E-state index is -0.824. The second-order valence-corrected chi connectivity index (χ2v) is 6.77. The Bertz CT molecular complexity index is 683. The van der Waals surface area contributed by atoms with Gasteiger partial charge in [-0.05, 0) is 48.2 Å². The molecule has 2 aromatic rings. The van der Waals surface area contributed by atoms with Crippen molar-refractivity contribution in [1.82, 2.24) is 4.90 Å². The molecule has 0 aliphatic rings. The van der Waals surface area contributed by atoms with E-state index >= 15 is 0 Å². The van der Waals surface area contributed by atoms with Gasteiger partial charge in [0.2, 0.25) is 0 Å². The summed E-state index contributed by atoms with van der Waals surface area (Å²) in [5.41, 5.74) is 3.57. The van der Waals surface area contributed by atoms with Crippen LogP contribution in [-0.2, 0) is 11.2 Å². The molecular formula is C21H27NO3. The molecule has 0 saturated carbocycles.